The molecular weight excluding hydrogens is 2260 g/mol. The minimum Gasteiger partial charge on any atom is -0.373 e. The van der Waals surface area contributed by atoms with E-state index in [0.29, 0.717) is 5.82 Å². The Hall–Kier alpha value is -7.29. The summed E-state index contributed by atoms with van der Waals surface area (Å²) in [5.41, 5.74) is 9.89. The summed E-state index contributed by atoms with van der Waals surface area (Å²) in [7, 11) is 7.59. The van der Waals surface area contributed by atoms with Crippen LogP contribution in [0.3, 0.4) is 0 Å². The summed E-state index contributed by atoms with van der Waals surface area (Å²) < 4.78 is 50.1. The Morgan fingerprint density at radius 1 is 0.372 bits per heavy atom. The second-order valence-corrected chi connectivity index (χ2v) is 19.8. The van der Waals surface area contributed by atoms with Gasteiger partial charge in [-0.3, -0.25) is 43.1 Å². The molecule has 6 aromatic heterocycles. The first kappa shape index (κ1) is 80.9. The molecule has 21 heteroatoms. The number of hydrogen-bond donors (Lipinski definition) is 0. The zero-order valence-electron chi connectivity index (χ0n) is 51.4. The molecule has 14 aromatic rings. The molecule has 0 N–H and O–H groups in total. The van der Waals surface area contributed by atoms with Crippen molar-refractivity contribution in [3.8, 4) is 74.0 Å². The van der Waals surface area contributed by atoms with Crippen molar-refractivity contribution in [2.24, 2.45) is 28.2 Å². The molecule has 94 heavy (non-hydrogen) atoms. The van der Waals surface area contributed by atoms with Gasteiger partial charge in [-0.15, -0.1) is 185 Å². The van der Waals surface area contributed by atoms with E-state index in [1.807, 2.05) is 175 Å². The second-order valence-electron chi connectivity index (χ2n) is 19.8. The summed E-state index contributed by atoms with van der Waals surface area (Å²) in [4.78, 5) is 25.4. The van der Waals surface area contributed by atoms with Gasteiger partial charge in [0.15, 0.2) is 0 Å². The van der Waals surface area contributed by atoms with Gasteiger partial charge in [0.05, 0.1) is 34.9 Å². The Morgan fingerprint density at radius 2 is 0.798 bits per heavy atom. The van der Waals surface area contributed by atoms with E-state index in [-0.39, 0.29) is 132 Å². The predicted molar refractivity (Wildman–Crippen MR) is 339 cm³/mol. The van der Waals surface area contributed by atoms with Gasteiger partial charge in [0.2, 0.25) is 0 Å². The first-order chi connectivity index (χ1) is 42.9. The van der Waals surface area contributed by atoms with E-state index in [1.54, 1.807) is 48.7 Å². The summed E-state index contributed by atoms with van der Waals surface area (Å²) in [6.45, 7) is 4.98. The molecule has 0 atom stereocenters. The molecule has 0 aliphatic rings. The Kier molecular flexibility index (Phi) is 35.7. The largest absolute Gasteiger partial charge is 0.373 e. The van der Waals surface area contributed by atoms with Crippen molar-refractivity contribution in [1.82, 2.24) is 57.3 Å². The maximum Gasteiger partial charge on any atom is 0.0602 e. The molecule has 8 aromatic carbocycles. The number of benzene rings is 8. The smallest absolute Gasteiger partial charge is 0.0602 e. The van der Waals surface area contributed by atoms with E-state index in [1.165, 1.54) is 23.3 Å². The fraction of sp³-hybridized carbons (Fsp3) is 0.0959. The van der Waals surface area contributed by atoms with Crippen LogP contribution in [0.4, 0.5) is 13.2 Å². The van der Waals surface area contributed by atoms with Gasteiger partial charge in [-0.1, -0.05) is 74.0 Å². The van der Waals surface area contributed by atoms with Crippen LogP contribution >= 0.6 is 0 Å². The molecule has 0 spiro atoms. The van der Waals surface area contributed by atoms with Gasteiger partial charge in [0.1, 0.15) is 0 Å². The van der Waals surface area contributed by atoms with Crippen LogP contribution in [0.5, 0.6) is 0 Å². The van der Waals surface area contributed by atoms with Crippen molar-refractivity contribution >= 4 is 0 Å². The summed E-state index contributed by atoms with van der Waals surface area (Å²) in [6.07, 6.45) is 21.8. The minimum absolute atomic E-state index is 0. The van der Waals surface area contributed by atoms with Crippen LogP contribution in [0.2, 0.25) is 0 Å². The molecule has 12 nitrogen and oxygen atoms in total. The van der Waals surface area contributed by atoms with Gasteiger partial charge in [-0.05, 0) is 17.7 Å². The summed E-state index contributed by atoms with van der Waals surface area (Å²) >= 11 is 0. The van der Waals surface area contributed by atoms with Crippen LogP contribution in [0.15, 0.2) is 250 Å². The zero-order chi connectivity index (χ0) is 61.6. The maximum atomic E-state index is 13.3. The normalized spacial score (nSPS) is 9.71. The van der Waals surface area contributed by atoms with Gasteiger partial charge in [0, 0.05) is 253 Å². The molecule has 14 rings (SSSR count). The first-order valence-electron chi connectivity index (χ1n) is 27.9. The topological polar surface area (TPSA) is 107 Å². The van der Waals surface area contributed by atoms with Gasteiger partial charge in [-0.2, -0.15) is 0 Å². The van der Waals surface area contributed by atoms with E-state index in [9.17, 15) is 13.2 Å². The molecule has 6 heterocycles. The third-order valence-corrected chi connectivity index (χ3v) is 13.2. The molecule has 0 fully saturated rings. The fourth-order valence-electron chi connectivity index (χ4n) is 9.02. The SMILES string of the molecule is Cc1[c-]c(-c2nccn2C)cc(C)c1.Cn1ccnc1-c1[c-]cc(F)cc1.Cn1ccnc1-c1[c-]cc(F)cc1F.Cn1ccnc1-c1[c-]cccc1.[Ir].[Ir].[Ir].[Ir].[Ir].[Ir].[c-]1ccccc1-c1nccn1-c1ccccc1.[c-]1ccccc1-c1nccn1Cc1ccccc1. The number of imidazole rings is 6. The standard InChI is InChI=1S/C16H13N2.C15H11N2.C12H13N2.C10H7F2N2.C10H8FN2.C10H9N2.6Ir/c1-3-7-14(8-4-1)13-18-12-11-17-16(18)15-9-5-2-6-10-15;1-3-7-13(8-4-1)15-16-11-12-17(15)14-9-5-2-6-10-14;1-9-6-10(2)8-11(7-9)12-13-4-5-14(12)3;1-14-5-4-13-10(14)8-3-2-7(11)6-9(8)12;1-13-7-6-12-10(13)8-2-4-9(11)5-3-8;1-12-8-7-11-10(12)9-5-3-2-4-6-9;;;;;;/h1-9,11-12H,13H2;1-7,9-12H;4-7H,1-3H3;2,4-6H,1H3;2,4-7H,1H3;2-5,7-8H,1H3;;;;;;/q6*-1;;;;;;. The van der Waals surface area contributed by atoms with E-state index >= 15 is 0 Å². The maximum absolute atomic E-state index is 13.3. The van der Waals surface area contributed by atoms with Crippen LogP contribution < -0.4 is 0 Å². The number of nitrogens with zero attached hydrogens (tertiary/aromatic N) is 12. The second kappa shape index (κ2) is 41.5. The van der Waals surface area contributed by atoms with Crippen molar-refractivity contribution in [2.75, 3.05) is 0 Å². The zero-order valence-corrected chi connectivity index (χ0v) is 65.7. The van der Waals surface area contributed by atoms with Gasteiger partial charge >= 0.3 is 0 Å². The number of rotatable bonds is 9. The predicted octanol–water partition coefficient (Wildman–Crippen LogP) is 15.3. The average molecular weight is 2320 g/mol. The van der Waals surface area contributed by atoms with Crippen LogP contribution in [0.25, 0.3) is 74.0 Å². The number of aryl methyl sites for hydroxylation is 6. The van der Waals surface area contributed by atoms with Crippen molar-refractivity contribution in [3.63, 3.8) is 0 Å². The van der Waals surface area contributed by atoms with E-state index < -0.39 is 11.6 Å². The molecule has 0 aliphatic heterocycles. The molecule has 6 radical (unpaired) electrons. The third kappa shape index (κ3) is 23.3. The fourth-order valence-corrected chi connectivity index (χ4v) is 9.02. The number of hydrogen-bond acceptors (Lipinski definition) is 6. The molecule has 0 aliphatic carbocycles. The minimum atomic E-state index is -0.653. The monoisotopic (exact) mass is 2320 g/mol. The third-order valence-electron chi connectivity index (χ3n) is 13.2. The molecular formula is C73H61F3Ir6N12-6. The van der Waals surface area contributed by atoms with Crippen molar-refractivity contribution in [1.29, 1.82) is 0 Å². The average Bonchev–Trinajstić information content (AvgIpc) is 1.86. The van der Waals surface area contributed by atoms with Crippen molar-refractivity contribution < 1.29 is 134 Å². The summed E-state index contributed by atoms with van der Waals surface area (Å²) in [6, 6.07) is 72.9. The number of halogens is 3. The first-order valence-corrected chi connectivity index (χ1v) is 27.9. The molecule has 0 bridgehead atoms. The van der Waals surface area contributed by atoms with E-state index in [2.05, 4.69) is 138 Å². The summed E-state index contributed by atoms with van der Waals surface area (Å²) in [5, 5.41) is 0. The Labute approximate surface area is 628 Å². The van der Waals surface area contributed by atoms with E-state index in [4.69, 9.17) is 0 Å². The quantitative estimate of drug-likeness (QED) is 0.133. The Morgan fingerprint density at radius 3 is 1.27 bits per heavy atom. The summed E-state index contributed by atoms with van der Waals surface area (Å²) in [5.74, 6) is 3.45. The van der Waals surface area contributed by atoms with Crippen LogP contribution in [-0.4, -0.2) is 57.3 Å². The van der Waals surface area contributed by atoms with Crippen LogP contribution in [0.1, 0.15) is 16.7 Å². The van der Waals surface area contributed by atoms with Crippen LogP contribution in [0, 0.1) is 67.7 Å². The van der Waals surface area contributed by atoms with Crippen LogP contribution in [-0.2, 0) is 155 Å². The van der Waals surface area contributed by atoms with Crippen molar-refractivity contribution in [3.05, 3.63) is 321 Å². The van der Waals surface area contributed by atoms with Gasteiger partial charge in [0.25, 0.3) is 0 Å². The molecule has 0 saturated carbocycles. The van der Waals surface area contributed by atoms with E-state index in [0.717, 1.165) is 86.9 Å². The molecule has 0 saturated heterocycles. The molecule has 0 amide bonds. The number of aromatic nitrogens is 12. The molecule has 494 valence electrons. The van der Waals surface area contributed by atoms with Crippen molar-refractivity contribution in [2.45, 2.75) is 20.4 Å². The van der Waals surface area contributed by atoms with Gasteiger partial charge in [-0.25, -0.2) is 0 Å². The Bertz CT molecular complexity index is 4300. The molecule has 0 unspecified atom stereocenters. The van der Waals surface area contributed by atoms with Gasteiger partial charge < -0.3 is 27.4 Å². The number of para-hydroxylation sites is 1. The Balaban J connectivity index is 0.000000292.